The summed E-state index contributed by atoms with van der Waals surface area (Å²) in [6, 6.07) is 4.84. The van der Waals surface area contributed by atoms with Gasteiger partial charge in [0.15, 0.2) is 9.84 Å². The molecule has 21 heavy (non-hydrogen) atoms. The van der Waals surface area contributed by atoms with Gasteiger partial charge in [-0.3, -0.25) is 0 Å². The van der Waals surface area contributed by atoms with Crippen molar-refractivity contribution in [3.63, 3.8) is 0 Å². The summed E-state index contributed by atoms with van der Waals surface area (Å²) in [5.74, 6) is -1.12. The number of hydrogen-bond acceptors (Lipinski definition) is 4. The van der Waals surface area contributed by atoms with Gasteiger partial charge in [0.2, 0.25) is 0 Å². The van der Waals surface area contributed by atoms with E-state index in [1.165, 1.54) is 12.1 Å². The predicted octanol–water partition coefficient (Wildman–Crippen LogP) is 2.56. The first-order chi connectivity index (χ1) is 9.71. The van der Waals surface area contributed by atoms with E-state index in [4.69, 9.17) is 5.11 Å². The normalized spacial score (nSPS) is 23.1. The van der Waals surface area contributed by atoms with Gasteiger partial charge in [-0.25, -0.2) is 13.2 Å². The lowest BCUT2D eigenvalue weighted by molar-refractivity contribution is 0.0696. The zero-order valence-electron chi connectivity index (χ0n) is 12.5. The fraction of sp³-hybridized carbons (Fsp3) is 0.533. The van der Waals surface area contributed by atoms with Crippen molar-refractivity contribution >= 4 is 21.5 Å². The Balaban J connectivity index is 2.60. The second kappa shape index (κ2) is 5.67. The molecule has 6 heteroatoms. The molecule has 1 aromatic carbocycles. The summed E-state index contributed by atoms with van der Waals surface area (Å²) in [7, 11) is -3.49. The third-order valence-electron chi connectivity index (χ3n) is 4.08. The molecule has 2 atom stereocenters. The van der Waals surface area contributed by atoms with Crippen LogP contribution < -0.4 is 4.90 Å². The predicted molar refractivity (Wildman–Crippen MR) is 81.8 cm³/mol. The minimum atomic E-state index is -3.49. The van der Waals surface area contributed by atoms with E-state index >= 15 is 0 Å². The van der Waals surface area contributed by atoms with Crippen molar-refractivity contribution in [2.45, 2.75) is 50.1 Å². The number of hydrogen-bond donors (Lipinski definition) is 1. The molecule has 1 saturated heterocycles. The van der Waals surface area contributed by atoms with Gasteiger partial charge in [-0.2, -0.15) is 0 Å². The highest BCUT2D eigenvalue weighted by molar-refractivity contribution is 7.90. The van der Waals surface area contributed by atoms with Crippen LogP contribution in [0.25, 0.3) is 0 Å². The molecule has 5 nitrogen and oxygen atoms in total. The number of nitrogens with zero attached hydrogens (tertiary/aromatic N) is 1. The van der Waals surface area contributed by atoms with Crippen LogP contribution in [0, 0.1) is 0 Å². The van der Waals surface area contributed by atoms with Crippen LogP contribution in [0.15, 0.2) is 23.1 Å². The lowest BCUT2D eigenvalue weighted by atomic mass is 9.96. The maximum absolute atomic E-state index is 12.1. The Labute approximate surface area is 125 Å². The molecule has 1 fully saturated rings. The highest BCUT2D eigenvalue weighted by Gasteiger charge is 2.29. The summed E-state index contributed by atoms with van der Waals surface area (Å²) in [6.07, 6.45) is 4.26. The number of piperidine rings is 1. The fourth-order valence-electron chi connectivity index (χ4n) is 3.05. The Morgan fingerprint density at radius 2 is 1.81 bits per heavy atom. The van der Waals surface area contributed by atoms with E-state index in [2.05, 4.69) is 18.7 Å². The van der Waals surface area contributed by atoms with Crippen molar-refractivity contribution in [2.75, 3.05) is 11.2 Å². The number of aromatic carboxylic acids is 1. The van der Waals surface area contributed by atoms with Crippen LogP contribution in [0.2, 0.25) is 0 Å². The molecule has 1 aromatic rings. The Bertz CT molecular complexity index is 644. The standard InChI is InChI=1S/C15H21NO4S/c1-10-5-4-6-11(2)16(10)13-8-7-12(15(17)18)9-14(13)21(3,19)20/h7-11H,4-6H2,1-3H3,(H,17,18)/t10-,11+. The van der Waals surface area contributed by atoms with Gasteiger partial charge in [-0.05, 0) is 51.3 Å². The molecule has 1 heterocycles. The van der Waals surface area contributed by atoms with Gasteiger partial charge in [-0.1, -0.05) is 0 Å². The summed E-state index contributed by atoms with van der Waals surface area (Å²) in [5.41, 5.74) is 0.610. The first-order valence-corrected chi connectivity index (χ1v) is 8.96. The fourth-order valence-corrected chi connectivity index (χ4v) is 3.95. The summed E-state index contributed by atoms with van der Waals surface area (Å²) in [4.78, 5) is 13.3. The summed E-state index contributed by atoms with van der Waals surface area (Å²) >= 11 is 0. The van der Waals surface area contributed by atoms with Crippen molar-refractivity contribution in [3.05, 3.63) is 23.8 Å². The van der Waals surface area contributed by atoms with Gasteiger partial charge in [0.1, 0.15) is 0 Å². The van der Waals surface area contributed by atoms with E-state index in [-0.39, 0.29) is 22.5 Å². The number of benzene rings is 1. The highest BCUT2D eigenvalue weighted by atomic mass is 32.2. The van der Waals surface area contributed by atoms with Crippen molar-refractivity contribution in [1.82, 2.24) is 0 Å². The molecule has 1 aliphatic heterocycles. The van der Waals surface area contributed by atoms with Crippen LogP contribution in [0.1, 0.15) is 43.5 Å². The van der Waals surface area contributed by atoms with Crippen molar-refractivity contribution < 1.29 is 18.3 Å². The molecule has 0 saturated carbocycles. The average Bonchev–Trinajstić information content (AvgIpc) is 2.37. The summed E-state index contributed by atoms with van der Waals surface area (Å²) in [5, 5.41) is 9.07. The lowest BCUT2D eigenvalue weighted by Crippen LogP contribution is -2.44. The SMILES string of the molecule is C[C@@H]1CCC[C@H](C)N1c1ccc(C(=O)O)cc1S(C)(=O)=O. The van der Waals surface area contributed by atoms with Crippen LogP contribution in [-0.2, 0) is 9.84 Å². The van der Waals surface area contributed by atoms with Gasteiger partial charge in [0.05, 0.1) is 16.1 Å². The molecule has 0 amide bonds. The monoisotopic (exact) mass is 311 g/mol. The van der Waals surface area contributed by atoms with Gasteiger partial charge in [0.25, 0.3) is 0 Å². The van der Waals surface area contributed by atoms with Crippen LogP contribution in [0.4, 0.5) is 5.69 Å². The van der Waals surface area contributed by atoms with E-state index in [0.717, 1.165) is 25.5 Å². The summed E-state index contributed by atoms with van der Waals surface area (Å²) < 4.78 is 24.1. The quantitative estimate of drug-likeness (QED) is 0.928. The first kappa shape index (κ1) is 15.8. The zero-order valence-corrected chi connectivity index (χ0v) is 13.4. The maximum atomic E-state index is 12.1. The number of carboxylic acids is 1. The second-order valence-electron chi connectivity index (χ2n) is 5.80. The van der Waals surface area contributed by atoms with E-state index in [0.29, 0.717) is 5.69 Å². The third-order valence-corrected chi connectivity index (χ3v) is 5.20. The number of sulfone groups is 1. The number of carbonyl (C=O) groups is 1. The molecule has 0 radical (unpaired) electrons. The van der Waals surface area contributed by atoms with Crippen molar-refractivity contribution in [3.8, 4) is 0 Å². The largest absolute Gasteiger partial charge is 0.478 e. The van der Waals surface area contributed by atoms with Crippen molar-refractivity contribution in [1.29, 1.82) is 0 Å². The molecular formula is C15H21NO4S. The zero-order chi connectivity index (χ0) is 15.8. The minimum Gasteiger partial charge on any atom is -0.478 e. The molecule has 0 spiro atoms. The van der Waals surface area contributed by atoms with Crippen molar-refractivity contribution in [2.24, 2.45) is 0 Å². The molecule has 116 valence electrons. The number of carboxylic acid groups (broad SMARTS) is 1. The molecule has 1 N–H and O–H groups in total. The summed E-state index contributed by atoms with van der Waals surface area (Å²) in [6.45, 7) is 4.15. The molecule has 2 rings (SSSR count). The molecule has 1 aliphatic rings. The Morgan fingerprint density at radius 3 is 2.29 bits per heavy atom. The van der Waals surface area contributed by atoms with Crippen LogP contribution in [0.5, 0.6) is 0 Å². The molecule has 0 aliphatic carbocycles. The number of anilines is 1. The molecule has 0 bridgehead atoms. The van der Waals surface area contributed by atoms with E-state index < -0.39 is 15.8 Å². The smallest absolute Gasteiger partial charge is 0.335 e. The second-order valence-corrected chi connectivity index (χ2v) is 7.78. The molecular weight excluding hydrogens is 290 g/mol. The van der Waals surface area contributed by atoms with Crippen LogP contribution in [0.3, 0.4) is 0 Å². The van der Waals surface area contributed by atoms with Crippen LogP contribution in [-0.4, -0.2) is 37.8 Å². The van der Waals surface area contributed by atoms with Crippen LogP contribution >= 0.6 is 0 Å². The van der Waals surface area contributed by atoms with Gasteiger partial charge >= 0.3 is 5.97 Å². The minimum absolute atomic E-state index is 0.00325. The Morgan fingerprint density at radius 1 is 1.24 bits per heavy atom. The number of rotatable bonds is 3. The van der Waals surface area contributed by atoms with E-state index in [1.807, 2.05) is 0 Å². The van der Waals surface area contributed by atoms with E-state index in [9.17, 15) is 13.2 Å². The Hall–Kier alpha value is -1.56. The first-order valence-electron chi connectivity index (χ1n) is 7.07. The van der Waals surface area contributed by atoms with Gasteiger partial charge in [-0.15, -0.1) is 0 Å². The average molecular weight is 311 g/mol. The lowest BCUT2D eigenvalue weighted by Gasteiger charge is -2.41. The van der Waals surface area contributed by atoms with Gasteiger partial charge < -0.3 is 10.0 Å². The Kier molecular flexibility index (Phi) is 4.27. The molecule has 0 aromatic heterocycles. The van der Waals surface area contributed by atoms with E-state index in [1.54, 1.807) is 6.07 Å². The third kappa shape index (κ3) is 3.20. The highest BCUT2D eigenvalue weighted by Crippen LogP contribution is 2.34. The van der Waals surface area contributed by atoms with Gasteiger partial charge in [0, 0.05) is 18.3 Å². The topological polar surface area (TPSA) is 74.7 Å². The maximum Gasteiger partial charge on any atom is 0.335 e. The molecule has 0 unspecified atom stereocenters.